The van der Waals surface area contributed by atoms with Gasteiger partial charge in [-0.1, -0.05) is 46.3 Å². The van der Waals surface area contributed by atoms with Crippen molar-refractivity contribution in [2.45, 2.75) is 106 Å². The van der Waals surface area contributed by atoms with Gasteiger partial charge in [-0.3, -0.25) is 0 Å². The molecule has 0 aliphatic heterocycles. The zero-order valence-electron chi connectivity index (χ0n) is 20.6. The lowest BCUT2D eigenvalue weighted by atomic mass is 9.39. The summed E-state index contributed by atoms with van der Waals surface area (Å²) in [6, 6.07) is 0. The first kappa shape index (κ1) is 20.6. The molecule has 5 saturated carbocycles. The minimum Gasteiger partial charge on any atom is -0.0856 e. The Hall–Kier alpha value is -0.260. The van der Waals surface area contributed by atoms with Crippen LogP contribution in [0.15, 0.2) is 11.6 Å². The molecule has 0 heterocycles. The SMILES string of the molecule is CC(C)=CCC1CC2CC3C(CCC4C(C)(C)C(C)CCC34C)[C@]3(C)CCC1C23. The molecule has 0 aromatic carbocycles. The molecule has 10 atom stereocenters. The molecule has 29 heavy (non-hydrogen) atoms. The second-order valence-corrected chi connectivity index (χ2v) is 13.9. The molecule has 164 valence electrons. The molecule has 0 nitrogen and oxygen atoms in total. The van der Waals surface area contributed by atoms with E-state index in [2.05, 4.69) is 54.5 Å². The van der Waals surface area contributed by atoms with E-state index in [1.807, 2.05) is 0 Å². The van der Waals surface area contributed by atoms with Crippen molar-refractivity contribution in [2.75, 3.05) is 0 Å². The maximum atomic E-state index is 2.78. The molecule has 5 rings (SSSR count). The van der Waals surface area contributed by atoms with Crippen LogP contribution in [0.1, 0.15) is 106 Å². The predicted octanol–water partition coefficient (Wildman–Crippen LogP) is 8.52. The molecule has 5 aliphatic rings. The van der Waals surface area contributed by atoms with Gasteiger partial charge in [0.15, 0.2) is 0 Å². The number of fused-ring (bicyclic) bond motifs is 4. The Balaban J connectivity index is 1.47. The number of hydrogen-bond donors (Lipinski definition) is 0. The maximum Gasteiger partial charge on any atom is -0.0261 e. The molecular formula is C29H48. The molecule has 0 amide bonds. The Labute approximate surface area is 181 Å². The Morgan fingerprint density at radius 1 is 0.862 bits per heavy atom. The van der Waals surface area contributed by atoms with E-state index >= 15 is 0 Å². The molecule has 5 aliphatic carbocycles. The van der Waals surface area contributed by atoms with Gasteiger partial charge in [0.2, 0.25) is 0 Å². The smallest absolute Gasteiger partial charge is 0.0261 e. The Morgan fingerprint density at radius 2 is 1.59 bits per heavy atom. The first-order valence-electron chi connectivity index (χ1n) is 13.2. The van der Waals surface area contributed by atoms with Crippen molar-refractivity contribution in [3.05, 3.63) is 11.6 Å². The third-order valence-corrected chi connectivity index (χ3v) is 12.4. The molecule has 0 aromatic heterocycles. The van der Waals surface area contributed by atoms with E-state index in [4.69, 9.17) is 0 Å². The average Bonchev–Trinajstić information content (AvgIpc) is 3.19. The Bertz CT molecular complexity index is 680. The lowest BCUT2D eigenvalue weighted by molar-refractivity contribution is -0.175. The molecule has 0 saturated heterocycles. The lowest BCUT2D eigenvalue weighted by Gasteiger charge is -2.66. The van der Waals surface area contributed by atoms with Gasteiger partial charge in [-0.15, -0.1) is 0 Å². The van der Waals surface area contributed by atoms with E-state index in [-0.39, 0.29) is 0 Å². The van der Waals surface area contributed by atoms with Crippen LogP contribution in [0, 0.1) is 63.6 Å². The highest BCUT2D eigenvalue weighted by Crippen LogP contribution is 2.74. The van der Waals surface area contributed by atoms with Crippen LogP contribution in [0.4, 0.5) is 0 Å². The molecule has 0 radical (unpaired) electrons. The van der Waals surface area contributed by atoms with Crippen LogP contribution >= 0.6 is 0 Å². The van der Waals surface area contributed by atoms with Crippen LogP contribution in [0.2, 0.25) is 0 Å². The highest BCUT2D eigenvalue weighted by Gasteiger charge is 2.67. The van der Waals surface area contributed by atoms with E-state index < -0.39 is 0 Å². The van der Waals surface area contributed by atoms with Crippen LogP contribution in [0.3, 0.4) is 0 Å². The van der Waals surface area contributed by atoms with Crippen LogP contribution < -0.4 is 0 Å². The summed E-state index contributed by atoms with van der Waals surface area (Å²) in [5.74, 6) is 8.06. The highest BCUT2D eigenvalue weighted by molar-refractivity contribution is 5.16. The predicted molar refractivity (Wildman–Crippen MR) is 125 cm³/mol. The van der Waals surface area contributed by atoms with Gasteiger partial charge < -0.3 is 0 Å². The van der Waals surface area contributed by atoms with Gasteiger partial charge in [-0.25, -0.2) is 0 Å². The standard InChI is InChI=1S/C29H48/c1-18(2)8-9-20-16-21-17-24-23(29(7)15-13-22(20)26(21)29)10-11-25-27(4,5)19(3)12-14-28(24,25)6/h8,19-26H,9-17H2,1-7H3/t19?,20?,21?,22?,23?,24?,25?,26?,28?,29-/m0/s1. The first-order valence-corrected chi connectivity index (χ1v) is 13.2. The van der Waals surface area contributed by atoms with Gasteiger partial charge >= 0.3 is 0 Å². The molecule has 0 bridgehead atoms. The average molecular weight is 397 g/mol. The van der Waals surface area contributed by atoms with Crippen molar-refractivity contribution in [1.29, 1.82) is 0 Å². The van der Waals surface area contributed by atoms with Gasteiger partial charge in [0, 0.05) is 0 Å². The van der Waals surface area contributed by atoms with Crippen LogP contribution in [0.5, 0.6) is 0 Å². The first-order chi connectivity index (χ1) is 13.6. The van der Waals surface area contributed by atoms with Crippen LogP contribution in [-0.4, -0.2) is 0 Å². The van der Waals surface area contributed by atoms with E-state index in [9.17, 15) is 0 Å². The van der Waals surface area contributed by atoms with E-state index in [1.54, 1.807) is 32.1 Å². The van der Waals surface area contributed by atoms with Gasteiger partial charge in [0.25, 0.3) is 0 Å². The number of rotatable bonds is 2. The fourth-order valence-electron chi connectivity index (χ4n) is 10.7. The summed E-state index contributed by atoms with van der Waals surface area (Å²) in [5, 5.41) is 0. The van der Waals surface area contributed by atoms with Crippen LogP contribution in [-0.2, 0) is 0 Å². The van der Waals surface area contributed by atoms with Gasteiger partial charge in [-0.2, -0.15) is 0 Å². The number of hydrogen-bond acceptors (Lipinski definition) is 0. The van der Waals surface area contributed by atoms with E-state index in [0.717, 1.165) is 47.3 Å². The molecule has 0 N–H and O–H groups in total. The number of allylic oxidation sites excluding steroid dienone is 2. The van der Waals surface area contributed by atoms with Gasteiger partial charge in [0.1, 0.15) is 0 Å². The topological polar surface area (TPSA) is 0 Å². The quantitative estimate of drug-likeness (QED) is 0.410. The van der Waals surface area contributed by atoms with Crippen molar-refractivity contribution in [3.8, 4) is 0 Å². The van der Waals surface area contributed by atoms with Gasteiger partial charge in [0.05, 0.1) is 0 Å². The molecule has 0 spiro atoms. The zero-order chi connectivity index (χ0) is 20.8. The van der Waals surface area contributed by atoms with Crippen molar-refractivity contribution >= 4 is 0 Å². The minimum atomic E-state index is 0.537. The highest BCUT2D eigenvalue weighted by atomic mass is 14.7. The zero-order valence-corrected chi connectivity index (χ0v) is 20.6. The molecular weight excluding hydrogens is 348 g/mol. The summed E-state index contributed by atoms with van der Waals surface area (Å²) >= 11 is 0. The fraction of sp³-hybridized carbons (Fsp3) is 0.931. The lowest BCUT2D eigenvalue weighted by Crippen LogP contribution is -2.59. The molecule has 0 heteroatoms. The van der Waals surface area contributed by atoms with E-state index in [0.29, 0.717) is 16.2 Å². The third kappa shape index (κ3) is 2.75. The monoisotopic (exact) mass is 396 g/mol. The van der Waals surface area contributed by atoms with Crippen molar-refractivity contribution in [1.82, 2.24) is 0 Å². The molecule has 9 unspecified atom stereocenters. The molecule has 5 fully saturated rings. The summed E-state index contributed by atoms with van der Waals surface area (Å²) < 4.78 is 0. The Kier molecular flexibility index (Phi) is 4.71. The summed E-state index contributed by atoms with van der Waals surface area (Å²) in [6.07, 6.45) is 16.2. The summed E-state index contributed by atoms with van der Waals surface area (Å²) in [5.41, 5.74) is 3.35. The van der Waals surface area contributed by atoms with E-state index in [1.165, 1.54) is 31.3 Å². The van der Waals surface area contributed by atoms with Crippen molar-refractivity contribution in [3.63, 3.8) is 0 Å². The summed E-state index contributed by atoms with van der Waals surface area (Å²) in [4.78, 5) is 0. The van der Waals surface area contributed by atoms with Gasteiger partial charge in [-0.05, 0) is 135 Å². The largest absolute Gasteiger partial charge is 0.0856 e. The summed E-state index contributed by atoms with van der Waals surface area (Å²) in [6.45, 7) is 18.0. The van der Waals surface area contributed by atoms with Crippen LogP contribution in [0.25, 0.3) is 0 Å². The van der Waals surface area contributed by atoms with Crippen molar-refractivity contribution < 1.29 is 0 Å². The second kappa shape index (κ2) is 6.62. The Morgan fingerprint density at radius 3 is 2.31 bits per heavy atom. The van der Waals surface area contributed by atoms with Crippen molar-refractivity contribution in [2.24, 2.45) is 63.6 Å². The summed E-state index contributed by atoms with van der Waals surface area (Å²) in [7, 11) is 0. The normalized spacial score (nSPS) is 55.0. The third-order valence-electron chi connectivity index (χ3n) is 12.4. The molecule has 0 aromatic rings. The fourth-order valence-corrected chi connectivity index (χ4v) is 10.7. The maximum absolute atomic E-state index is 2.78. The second-order valence-electron chi connectivity index (χ2n) is 13.9. The minimum absolute atomic E-state index is 0.537.